The first-order chi connectivity index (χ1) is 7.86. The van der Waals surface area contributed by atoms with Crippen molar-refractivity contribution in [3.8, 4) is 5.75 Å². The first-order valence-electron chi connectivity index (χ1n) is 5.97. The molecule has 0 radical (unpaired) electrons. The third kappa shape index (κ3) is 3.72. The van der Waals surface area contributed by atoms with Gasteiger partial charge in [0.1, 0.15) is 5.75 Å². The predicted molar refractivity (Wildman–Crippen MR) is 70.3 cm³/mol. The molecule has 0 fully saturated rings. The van der Waals surface area contributed by atoms with E-state index in [1.165, 1.54) is 0 Å². The lowest BCUT2D eigenvalue weighted by Crippen LogP contribution is -2.45. The Morgan fingerprint density at radius 1 is 1.24 bits per heavy atom. The van der Waals surface area contributed by atoms with Gasteiger partial charge in [-0.1, -0.05) is 18.2 Å². The molecule has 2 unspecified atom stereocenters. The van der Waals surface area contributed by atoms with Gasteiger partial charge in [0.05, 0.1) is 12.7 Å². The molecular weight excluding hydrogens is 214 g/mol. The molecule has 1 rings (SSSR count). The van der Waals surface area contributed by atoms with Gasteiger partial charge < -0.3 is 15.2 Å². The minimum absolute atomic E-state index is 0.00223. The molecule has 0 bridgehead atoms. The monoisotopic (exact) mass is 237 g/mol. The van der Waals surface area contributed by atoms with E-state index < -0.39 is 5.60 Å². The Kier molecular flexibility index (Phi) is 4.54. The zero-order valence-electron chi connectivity index (χ0n) is 11.3. The molecule has 3 heteroatoms. The van der Waals surface area contributed by atoms with Crippen molar-refractivity contribution in [2.75, 3.05) is 7.11 Å². The van der Waals surface area contributed by atoms with Crippen LogP contribution in [-0.4, -0.2) is 23.9 Å². The first-order valence-corrected chi connectivity index (χ1v) is 5.97. The van der Waals surface area contributed by atoms with Crippen molar-refractivity contribution >= 4 is 0 Å². The zero-order chi connectivity index (χ0) is 13.1. The normalized spacial score (nSPS) is 15.4. The summed E-state index contributed by atoms with van der Waals surface area (Å²) in [5.74, 6) is 0.871. The van der Waals surface area contributed by atoms with Crippen LogP contribution in [0.15, 0.2) is 24.3 Å². The standard InChI is InChI=1S/C14H23NO2/c1-10(15-11(2)14(3,4)16)12-8-6-7-9-13(12)17-5/h6-11,15-16H,1-5H3. The number of hydrogen-bond donors (Lipinski definition) is 2. The summed E-state index contributed by atoms with van der Waals surface area (Å²) in [6.45, 7) is 7.66. The van der Waals surface area contributed by atoms with Crippen LogP contribution in [0.4, 0.5) is 0 Å². The second kappa shape index (κ2) is 5.52. The third-order valence-corrected chi connectivity index (χ3v) is 3.17. The average molecular weight is 237 g/mol. The lowest BCUT2D eigenvalue weighted by molar-refractivity contribution is 0.0404. The molecule has 0 amide bonds. The molecule has 17 heavy (non-hydrogen) atoms. The van der Waals surface area contributed by atoms with Crippen LogP contribution in [0, 0.1) is 0 Å². The molecule has 1 aromatic carbocycles. The topological polar surface area (TPSA) is 41.5 Å². The number of nitrogens with one attached hydrogen (secondary N) is 1. The Balaban J connectivity index is 2.79. The number of hydrogen-bond acceptors (Lipinski definition) is 3. The summed E-state index contributed by atoms with van der Waals surface area (Å²) < 4.78 is 5.33. The van der Waals surface area contributed by atoms with Crippen LogP contribution in [0.1, 0.15) is 39.3 Å². The highest BCUT2D eigenvalue weighted by atomic mass is 16.5. The van der Waals surface area contributed by atoms with Crippen LogP contribution in [0.25, 0.3) is 0 Å². The van der Waals surface area contributed by atoms with Crippen molar-refractivity contribution in [2.45, 2.75) is 45.4 Å². The SMILES string of the molecule is COc1ccccc1C(C)NC(C)C(C)(C)O. The second-order valence-corrected chi connectivity index (χ2v) is 5.01. The van der Waals surface area contributed by atoms with Crippen LogP contribution < -0.4 is 10.1 Å². The van der Waals surface area contributed by atoms with Gasteiger partial charge >= 0.3 is 0 Å². The quantitative estimate of drug-likeness (QED) is 0.826. The van der Waals surface area contributed by atoms with E-state index in [1.807, 2.05) is 31.2 Å². The average Bonchev–Trinajstić information content (AvgIpc) is 2.27. The van der Waals surface area contributed by atoms with Crippen molar-refractivity contribution in [3.63, 3.8) is 0 Å². The first kappa shape index (κ1) is 14.0. The van der Waals surface area contributed by atoms with Crippen molar-refractivity contribution < 1.29 is 9.84 Å². The molecule has 2 atom stereocenters. The van der Waals surface area contributed by atoms with Crippen LogP contribution in [0.2, 0.25) is 0 Å². The number of methoxy groups -OCH3 is 1. The van der Waals surface area contributed by atoms with E-state index in [9.17, 15) is 5.11 Å². The number of ether oxygens (including phenoxy) is 1. The van der Waals surface area contributed by atoms with E-state index in [0.717, 1.165) is 11.3 Å². The fourth-order valence-electron chi connectivity index (χ4n) is 1.69. The van der Waals surface area contributed by atoms with Gasteiger partial charge in [-0.25, -0.2) is 0 Å². The second-order valence-electron chi connectivity index (χ2n) is 5.01. The Morgan fingerprint density at radius 2 is 1.82 bits per heavy atom. The maximum atomic E-state index is 9.91. The summed E-state index contributed by atoms with van der Waals surface area (Å²) in [5, 5.41) is 13.3. The maximum Gasteiger partial charge on any atom is 0.123 e. The van der Waals surface area contributed by atoms with Gasteiger partial charge in [0, 0.05) is 17.6 Å². The summed E-state index contributed by atoms with van der Waals surface area (Å²) in [4.78, 5) is 0. The van der Waals surface area contributed by atoms with Gasteiger partial charge in [-0.15, -0.1) is 0 Å². The van der Waals surface area contributed by atoms with Gasteiger partial charge in [0.25, 0.3) is 0 Å². The molecule has 0 aliphatic heterocycles. The molecule has 0 spiro atoms. The molecule has 96 valence electrons. The number of rotatable bonds is 5. The van der Waals surface area contributed by atoms with Crippen LogP contribution in [0.3, 0.4) is 0 Å². The van der Waals surface area contributed by atoms with E-state index >= 15 is 0 Å². The van der Waals surface area contributed by atoms with Crippen molar-refractivity contribution in [1.82, 2.24) is 5.32 Å². The summed E-state index contributed by atoms with van der Waals surface area (Å²) in [5.41, 5.74) is 0.363. The Hall–Kier alpha value is -1.06. The molecule has 0 aliphatic rings. The molecule has 0 heterocycles. The lowest BCUT2D eigenvalue weighted by Gasteiger charge is -2.30. The van der Waals surface area contributed by atoms with Crippen LogP contribution >= 0.6 is 0 Å². The van der Waals surface area contributed by atoms with Gasteiger partial charge in [0.15, 0.2) is 0 Å². The summed E-state index contributed by atoms with van der Waals surface area (Å²) in [7, 11) is 1.67. The molecule has 2 N–H and O–H groups in total. The fourth-order valence-corrected chi connectivity index (χ4v) is 1.69. The van der Waals surface area contributed by atoms with Gasteiger partial charge in [0.2, 0.25) is 0 Å². The zero-order valence-corrected chi connectivity index (χ0v) is 11.3. The highest BCUT2D eigenvalue weighted by Gasteiger charge is 2.24. The highest BCUT2D eigenvalue weighted by Crippen LogP contribution is 2.25. The fraction of sp³-hybridized carbons (Fsp3) is 0.571. The number of aliphatic hydroxyl groups is 1. The van der Waals surface area contributed by atoms with Gasteiger partial charge in [-0.3, -0.25) is 0 Å². The molecule has 0 aromatic heterocycles. The Labute approximate surface area is 104 Å². The molecular formula is C14H23NO2. The van der Waals surface area contributed by atoms with E-state index in [1.54, 1.807) is 21.0 Å². The molecule has 0 saturated heterocycles. The smallest absolute Gasteiger partial charge is 0.123 e. The molecule has 3 nitrogen and oxygen atoms in total. The molecule has 1 aromatic rings. The summed E-state index contributed by atoms with van der Waals surface area (Å²) in [6.07, 6.45) is 0. The van der Waals surface area contributed by atoms with E-state index in [4.69, 9.17) is 4.74 Å². The van der Waals surface area contributed by atoms with E-state index in [-0.39, 0.29) is 12.1 Å². The van der Waals surface area contributed by atoms with Crippen LogP contribution in [0.5, 0.6) is 5.75 Å². The number of benzene rings is 1. The number of para-hydroxylation sites is 1. The molecule has 0 aliphatic carbocycles. The highest BCUT2D eigenvalue weighted by molar-refractivity contribution is 5.35. The summed E-state index contributed by atoms with van der Waals surface area (Å²) in [6, 6.07) is 8.06. The van der Waals surface area contributed by atoms with Gasteiger partial charge in [-0.05, 0) is 33.8 Å². The minimum atomic E-state index is -0.740. The lowest BCUT2D eigenvalue weighted by atomic mass is 9.98. The predicted octanol–water partition coefficient (Wildman–Crippen LogP) is 2.51. The summed E-state index contributed by atoms with van der Waals surface area (Å²) >= 11 is 0. The van der Waals surface area contributed by atoms with Crippen molar-refractivity contribution in [1.29, 1.82) is 0 Å². The van der Waals surface area contributed by atoms with Gasteiger partial charge in [-0.2, -0.15) is 0 Å². The third-order valence-electron chi connectivity index (χ3n) is 3.17. The maximum absolute atomic E-state index is 9.91. The molecule has 0 saturated carbocycles. The van der Waals surface area contributed by atoms with E-state index in [0.29, 0.717) is 0 Å². The van der Waals surface area contributed by atoms with Crippen molar-refractivity contribution in [3.05, 3.63) is 29.8 Å². The van der Waals surface area contributed by atoms with Crippen molar-refractivity contribution in [2.24, 2.45) is 0 Å². The van der Waals surface area contributed by atoms with E-state index in [2.05, 4.69) is 12.2 Å². The van der Waals surface area contributed by atoms with Crippen LogP contribution in [-0.2, 0) is 0 Å². The Bertz CT molecular complexity index is 357. The Morgan fingerprint density at radius 3 is 2.35 bits per heavy atom. The minimum Gasteiger partial charge on any atom is -0.496 e. The largest absolute Gasteiger partial charge is 0.496 e.